The Labute approximate surface area is 200 Å². The van der Waals surface area contributed by atoms with Crippen LogP contribution >= 0.6 is 0 Å². The zero-order valence-corrected chi connectivity index (χ0v) is 20.5. The fraction of sp³-hybridized carbons (Fsp3) is 0.520. The molecule has 0 bridgehead atoms. The van der Waals surface area contributed by atoms with Crippen molar-refractivity contribution in [2.75, 3.05) is 29.9 Å². The zero-order chi connectivity index (χ0) is 23.9. The van der Waals surface area contributed by atoms with Crippen LogP contribution in [0.4, 0.5) is 17.6 Å². The minimum Gasteiger partial charge on any atom is -0.385 e. The van der Waals surface area contributed by atoms with Gasteiger partial charge in [-0.25, -0.2) is 9.97 Å². The maximum absolute atomic E-state index is 10.9. The highest BCUT2D eigenvalue weighted by Gasteiger charge is 2.31. The van der Waals surface area contributed by atoms with E-state index in [-0.39, 0.29) is 0 Å². The van der Waals surface area contributed by atoms with Gasteiger partial charge in [-0.2, -0.15) is 10.1 Å². The first kappa shape index (κ1) is 22.7. The zero-order valence-electron chi connectivity index (χ0n) is 20.5. The molecular weight excluding hydrogens is 428 g/mol. The third-order valence-electron chi connectivity index (χ3n) is 7.01. The molecule has 180 valence electrons. The van der Waals surface area contributed by atoms with E-state index in [4.69, 9.17) is 10.1 Å². The number of aromatic nitrogens is 5. The van der Waals surface area contributed by atoms with E-state index in [1.807, 2.05) is 37.0 Å². The first-order valence-electron chi connectivity index (χ1n) is 12.1. The Hall–Kier alpha value is -3.04. The van der Waals surface area contributed by atoms with Gasteiger partial charge in [-0.05, 0) is 44.8 Å². The Bertz CT molecular complexity index is 1160. The summed E-state index contributed by atoms with van der Waals surface area (Å²) in [6.07, 6.45) is 5.91. The van der Waals surface area contributed by atoms with Crippen LogP contribution in [-0.4, -0.2) is 49.5 Å². The summed E-state index contributed by atoms with van der Waals surface area (Å²) in [5.74, 6) is 2.53. The molecule has 3 N–H and O–H groups in total. The molecule has 5 heterocycles. The smallest absolute Gasteiger partial charge is 0.230 e. The number of anilines is 3. The fourth-order valence-corrected chi connectivity index (χ4v) is 5.23. The third kappa shape index (κ3) is 4.25. The Morgan fingerprint density at radius 2 is 1.94 bits per heavy atom. The van der Waals surface area contributed by atoms with Gasteiger partial charge in [0.2, 0.25) is 5.95 Å². The summed E-state index contributed by atoms with van der Waals surface area (Å²) in [5.41, 5.74) is 4.91. The maximum Gasteiger partial charge on any atom is 0.230 e. The van der Waals surface area contributed by atoms with Gasteiger partial charge < -0.3 is 20.6 Å². The SMILES string of the molecule is Cc1cnc(Nc2ccc(C3(O)CCNCC3)cn2)nc1N1CCc2nn(C)c(C(C)C)c2C1. The second kappa shape index (κ2) is 8.96. The van der Waals surface area contributed by atoms with E-state index in [0.29, 0.717) is 30.5 Å². The van der Waals surface area contributed by atoms with Crippen LogP contribution in [0, 0.1) is 6.92 Å². The molecule has 0 unspecified atom stereocenters. The molecule has 0 atom stereocenters. The summed E-state index contributed by atoms with van der Waals surface area (Å²) in [6.45, 7) is 9.78. The summed E-state index contributed by atoms with van der Waals surface area (Å²) >= 11 is 0. The molecule has 0 amide bonds. The lowest BCUT2D eigenvalue weighted by atomic mass is 9.86. The summed E-state index contributed by atoms with van der Waals surface area (Å²) in [5, 5.41) is 22.2. The number of aryl methyl sites for hydroxylation is 2. The van der Waals surface area contributed by atoms with Crippen LogP contribution in [0.15, 0.2) is 24.5 Å². The number of nitrogens with zero attached hydrogens (tertiary/aromatic N) is 6. The Kier molecular flexibility index (Phi) is 5.99. The average molecular weight is 463 g/mol. The van der Waals surface area contributed by atoms with Crippen LogP contribution in [0.1, 0.15) is 60.7 Å². The highest BCUT2D eigenvalue weighted by molar-refractivity contribution is 5.55. The average Bonchev–Trinajstić information content (AvgIpc) is 3.16. The standard InChI is InChI=1S/C25H34N8O/c1-16(2)22-19-15-33(12-7-20(19)31-32(22)4)23-17(3)13-28-24(30-23)29-21-6-5-18(14-27-21)25(34)8-10-26-11-9-25/h5-6,13-14,16,26,34H,7-12,15H2,1-4H3,(H,27,28,29,30). The Morgan fingerprint density at radius 3 is 2.65 bits per heavy atom. The van der Waals surface area contributed by atoms with Gasteiger partial charge in [-0.3, -0.25) is 4.68 Å². The predicted octanol–water partition coefficient (Wildman–Crippen LogP) is 2.91. The topological polar surface area (TPSA) is 104 Å². The third-order valence-corrected chi connectivity index (χ3v) is 7.01. The number of piperidine rings is 1. The van der Waals surface area contributed by atoms with Crippen molar-refractivity contribution in [3.8, 4) is 0 Å². The number of pyridine rings is 1. The van der Waals surface area contributed by atoms with Crippen molar-refractivity contribution >= 4 is 17.6 Å². The van der Waals surface area contributed by atoms with E-state index in [9.17, 15) is 5.11 Å². The van der Waals surface area contributed by atoms with Gasteiger partial charge in [0.1, 0.15) is 11.6 Å². The Morgan fingerprint density at radius 1 is 1.15 bits per heavy atom. The first-order valence-corrected chi connectivity index (χ1v) is 12.1. The normalized spacial score (nSPS) is 17.6. The second-order valence-electron chi connectivity index (χ2n) is 9.80. The lowest BCUT2D eigenvalue weighted by molar-refractivity contribution is 0.00566. The summed E-state index contributed by atoms with van der Waals surface area (Å²) in [6, 6.07) is 3.83. The van der Waals surface area contributed by atoms with Crippen LogP contribution < -0.4 is 15.5 Å². The fourth-order valence-electron chi connectivity index (χ4n) is 5.23. The van der Waals surface area contributed by atoms with Gasteiger partial charge in [0, 0.05) is 61.3 Å². The highest BCUT2D eigenvalue weighted by Crippen LogP contribution is 2.32. The molecule has 5 rings (SSSR count). The highest BCUT2D eigenvalue weighted by atomic mass is 16.3. The molecular formula is C25H34N8O. The lowest BCUT2D eigenvalue weighted by Gasteiger charge is -2.32. The van der Waals surface area contributed by atoms with Gasteiger partial charge in [0.05, 0.1) is 11.3 Å². The van der Waals surface area contributed by atoms with Crippen molar-refractivity contribution in [1.82, 2.24) is 30.0 Å². The molecule has 34 heavy (non-hydrogen) atoms. The quantitative estimate of drug-likeness (QED) is 0.532. The number of hydrogen-bond acceptors (Lipinski definition) is 8. The minimum atomic E-state index is -0.807. The number of fused-ring (bicyclic) bond motifs is 1. The number of aliphatic hydroxyl groups is 1. The van der Waals surface area contributed by atoms with E-state index in [0.717, 1.165) is 49.5 Å². The minimum absolute atomic E-state index is 0.418. The lowest BCUT2D eigenvalue weighted by Crippen LogP contribution is -2.39. The maximum atomic E-state index is 10.9. The number of hydrogen-bond donors (Lipinski definition) is 3. The van der Waals surface area contributed by atoms with Gasteiger partial charge in [-0.1, -0.05) is 19.9 Å². The Balaban J connectivity index is 1.35. The molecule has 1 fully saturated rings. The van der Waals surface area contributed by atoms with Crippen molar-refractivity contribution in [1.29, 1.82) is 0 Å². The molecule has 9 heteroatoms. The van der Waals surface area contributed by atoms with Crippen LogP contribution in [-0.2, 0) is 25.6 Å². The number of nitrogens with one attached hydrogen (secondary N) is 2. The van der Waals surface area contributed by atoms with Crippen LogP contribution in [0.3, 0.4) is 0 Å². The molecule has 0 spiro atoms. The van der Waals surface area contributed by atoms with Crippen molar-refractivity contribution in [3.63, 3.8) is 0 Å². The molecule has 3 aromatic heterocycles. The molecule has 2 aliphatic rings. The first-order chi connectivity index (χ1) is 16.3. The van der Waals surface area contributed by atoms with Crippen LogP contribution in [0.5, 0.6) is 0 Å². The van der Waals surface area contributed by atoms with E-state index >= 15 is 0 Å². The molecule has 0 aliphatic carbocycles. The molecule has 1 saturated heterocycles. The molecule has 2 aliphatic heterocycles. The molecule has 3 aromatic rings. The summed E-state index contributed by atoms with van der Waals surface area (Å²) < 4.78 is 2.04. The predicted molar refractivity (Wildman–Crippen MR) is 132 cm³/mol. The molecule has 0 radical (unpaired) electrons. The van der Waals surface area contributed by atoms with E-state index in [2.05, 4.69) is 39.3 Å². The van der Waals surface area contributed by atoms with Gasteiger partial charge in [0.15, 0.2) is 0 Å². The monoisotopic (exact) mass is 462 g/mol. The number of rotatable bonds is 5. The van der Waals surface area contributed by atoms with Crippen LogP contribution in [0.25, 0.3) is 0 Å². The van der Waals surface area contributed by atoms with E-state index in [1.165, 1.54) is 17.0 Å². The van der Waals surface area contributed by atoms with Crippen molar-refractivity contribution < 1.29 is 5.11 Å². The largest absolute Gasteiger partial charge is 0.385 e. The summed E-state index contributed by atoms with van der Waals surface area (Å²) in [7, 11) is 2.04. The van der Waals surface area contributed by atoms with Gasteiger partial charge >= 0.3 is 0 Å². The molecule has 0 saturated carbocycles. The van der Waals surface area contributed by atoms with Crippen LogP contribution in [0.2, 0.25) is 0 Å². The van der Waals surface area contributed by atoms with Gasteiger partial charge in [-0.15, -0.1) is 0 Å². The van der Waals surface area contributed by atoms with E-state index in [1.54, 1.807) is 6.20 Å². The molecule has 9 nitrogen and oxygen atoms in total. The van der Waals surface area contributed by atoms with Crippen molar-refractivity contribution in [3.05, 3.63) is 52.6 Å². The van der Waals surface area contributed by atoms with Gasteiger partial charge in [0.25, 0.3) is 0 Å². The second-order valence-corrected chi connectivity index (χ2v) is 9.80. The summed E-state index contributed by atoms with van der Waals surface area (Å²) in [4.78, 5) is 16.2. The molecule has 0 aromatic carbocycles. The van der Waals surface area contributed by atoms with Crippen molar-refractivity contribution in [2.24, 2.45) is 7.05 Å². The van der Waals surface area contributed by atoms with E-state index < -0.39 is 5.60 Å². The van der Waals surface area contributed by atoms with Crippen molar-refractivity contribution in [2.45, 2.75) is 58.1 Å².